The van der Waals surface area contributed by atoms with E-state index in [1.165, 1.54) is 11.1 Å². The van der Waals surface area contributed by atoms with Gasteiger partial charge in [-0.1, -0.05) is 23.8 Å². The van der Waals surface area contributed by atoms with Crippen molar-refractivity contribution < 1.29 is 9.59 Å². The van der Waals surface area contributed by atoms with Gasteiger partial charge in [0.15, 0.2) is 5.69 Å². The minimum Gasteiger partial charge on any atom is -0.330 e. The fourth-order valence-electron chi connectivity index (χ4n) is 5.95. The zero-order valence-electron chi connectivity index (χ0n) is 17.4. The summed E-state index contributed by atoms with van der Waals surface area (Å²) in [4.78, 5) is 35.2. The summed E-state index contributed by atoms with van der Waals surface area (Å²) >= 11 is 0. The number of benzene rings is 1. The van der Waals surface area contributed by atoms with Crippen LogP contribution in [-0.2, 0) is 16.0 Å². The Morgan fingerprint density at radius 3 is 2.94 bits per heavy atom. The Morgan fingerprint density at radius 2 is 2.19 bits per heavy atom. The molecule has 2 N–H and O–H groups in total. The number of carbonyl (C=O) groups excluding carboxylic acids is 2. The predicted molar refractivity (Wildman–Crippen MR) is 113 cm³/mol. The molecule has 1 aromatic rings. The number of aryl methyl sites for hydroxylation is 1. The van der Waals surface area contributed by atoms with Crippen molar-refractivity contribution >= 4 is 17.5 Å². The number of fused-ring (bicyclic) bond motifs is 3. The van der Waals surface area contributed by atoms with Crippen LogP contribution < -0.4 is 5.73 Å². The van der Waals surface area contributed by atoms with Crippen molar-refractivity contribution in [3.05, 3.63) is 40.7 Å². The van der Waals surface area contributed by atoms with Crippen LogP contribution in [-0.4, -0.2) is 70.3 Å². The largest absolute Gasteiger partial charge is 0.330 e. The van der Waals surface area contributed by atoms with Crippen LogP contribution in [0, 0.1) is 17.9 Å². The van der Waals surface area contributed by atoms with E-state index in [0.717, 1.165) is 32.2 Å². The number of likely N-dealkylation sites (tertiary alicyclic amines) is 3. The van der Waals surface area contributed by atoms with E-state index < -0.39 is 6.04 Å². The van der Waals surface area contributed by atoms with Crippen LogP contribution in [0.1, 0.15) is 42.9 Å². The molecule has 5 rings (SSSR count). The first-order valence-electron chi connectivity index (χ1n) is 11.0. The van der Waals surface area contributed by atoms with Gasteiger partial charge in [-0.2, -0.15) is 5.26 Å². The first-order valence-corrected chi connectivity index (χ1v) is 11.0. The maximum absolute atomic E-state index is 13.3. The van der Waals surface area contributed by atoms with Gasteiger partial charge in [-0.25, -0.2) is 4.85 Å². The molecular formula is C23H26N6O2. The average molecular weight is 419 g/mol. The van der Waals surface area contributed by atoms with Gasteiger partial charge in [-0.15, -0.1) is 0 Å². The average Bonchev–Trinajstić information content (AvgIpc) is 3.55. The molecule has 2 bridgehead atoms. The van der Waals surface area contributed by atoms with Gasteiger partial charge in [0.2, 0.25) is 11.8 Å². The predicted octanol–water partition coefficient (Wildman–Crippen LogP) is 1.35. The summed E-state index contributed by atoms with van der Waals surface area (Å²) < 4.78 is 0. The summed E-state index contributed by atoms with van der Waals surface area (Å²) in [6, 6.07) is 6.89. The van der Waals surface area contributed by atoms with Crippen molar-refractivity contribution in [2.45, 2.75) is 62.3 Å². The fraction of sp³-hybridized carbons (Fsp3) is 0.565. The van der Waals surface area contributed by atoms with Crippen molar-refractivity contribution in [2.75, 3.05) is 19.6 Å². The first kappa shape index (κ1) is 20.0. The van der Waals surface area contributed by atoms with Gasteiger partial charge in [0.1, 0.15) is 6.04 Å². The van der Waals surface area contributed by atoms with E-state index >= 15 is 0 Å². The molecule has 1 aromatic carbocycles. The van der Waals surface area contributed by atoms with Gasteiger partial charge >= 0.3 is 0 Å². The van der Waals surface area contributed by atoms with Crippen LogP contribution in [0.4, 0.5) is 5.69 Å². The minimum atomic E-state index is -0.714. The summed E-state index contributed by atoms with van der Waals surface area (Å²) in [5.74, 6) is -0.0597. The highest BCUT2D eigenvalue weighted by Gasteiger charge is 2.53. The maximum atomic E-state index is 13.3. The summed E-state index contributed by atoms with van der Waals surface area (Å²) in [5, 5.41) is 9.24. The normalized spacial score (nSPS) is 30.4. The van der Waals surface area contributed by atoms with E-state index in [1.54, 1.807) is 4.90 Å². The van der Waals surface area contributed by atoms with Gasteiger partial charge < -0.3 is 15.5 Å². The number of piperazine rings is 1. The molecule has 0 radical (unpaired) electrons. The molecule has 0 spiro atoms. The summed E-state index contributed by atoms with van der Waals surface area (Å²) in [6.07, 6.45) is 4.10. The van der Waals surface area contributed by atoms with Crippen LogP contribution in [0.2, 0.25) is 0 Å². The second kappa shape index (κ2) is 7.64. The molecule has 0 aromatic heterocycles. The number of nitrogens with zero attached hydrogens (tertiary/aromatic N) is 5. The maximum Gasteiger partial charge on any atom is 0.241 e. The highest BCUT2D eigenvalue weighted by molar-refractivity contribution is 5.87. The Balaban J connectivity index is 1.25. The van der Waals surface area contributed by atoms with Crippen LogP contribution in [0.25, 0.3) is 4.85 Å². The fourth-order valence-corrected chi connectivity index (χ4v) is 5.95. The van der Waals surface area contributed by atoms with Crippen molar-refractivity contribution in [2.24, 2.45) is 5.73 Å². The molecule has 3 heterocycles. The Morgan fingerprint density at radius 1 is 1.35 bits per heavy atom. The zero-order chi connectivity index (χ0) is 21.7. The van der Waals surface area contributed by atoms with Gasteiger partial charge in [0.25, 0.3) is 0 Å². The molecule has 8 nitrogen and oxygen atoms in total. The monoisotopic (exact) mass is 418 g/mol. The van der Waals surface area contributed by atoms with Crippen LogP contribution in [0.15, 0.2) is 18.2 Å². The second-order valence-corrected chi connectivity index (χ2v) is 9.08. The summed E-state index contributed by atoms with van der Waals surface area (Å²) in [7, 11) is 0. The van der Waals surface area contributed by atoms with E-state index in [9.17, 15) is 14.9 Å². The number of carbonyl (C=O) groups is 2. The summed E-state index contributed by atoms with van der Waals surface area (Å²) in [6.45, 7) is 8.87. The Labute approximate surface area is 182 Å². The third-order valence-corrected chi connectivity index (χ3v) is 7.39. The highest BCUT2D eigenvalue weighted by atomic mass is 16.2. The van der Waals surface area contributed by atoms with Crippen molar-refractivity contribution in [3.8, 4) is 6.07 Å². The van der Waals surface area contributed by atoms with E-state index in [2.05, 4.69) is 15.8 Å². The molecule has 8 heteroatoms. The molecule has 160 valence electrons. The van der Waals surface area contributed by atoms with Crippen LogP contribution in [0.5, 0.6) is 0 Å². The molecule has 31 heavy (non-hydrogen) atoms. The molecule has 1 unspecified atom stereocenters. The van der Waals surface area contributed by atoms with Crippen LogP contribution in [0.3, 0.4) is 0 Å². The molecular weight excluding hydrogens is 392 g/mol. The van der Waals surface area contributed by atoms with Crippen LogP contribution >= 0.6 is 0 Å². The Kier molecular flexibility index (Phi) is 4.92. The molecule has 5 atom stereocenters. The molecule has 3 saturated heterocycles. The van der Waals surface area contributed by atoms with Gasteiger partial charge in [-0.3, -0.25) is 14.5 Å². The summed E-state index contributed by atoms with van der Waals surface area (Å²) in [5.41, 5.74) is 9.22. The molecule has 3 fully saturated rings. The Hall–Kier alpha value is -2.94. The molecule has 2 amide bonds. The Bertz CT molecular complexity index is 1010. The smallest absolute Gasteiger partial charge is 0.241 e. The van der Waals surface area contributed by atoms with E-state index in [-0.39, 0.29) is 36.0 Å². The minimum absolute atomic E-state index is 0.0794. The van der Waals surface area contributed by atoms with E-state index in [4.69, 9.17) is 12.3 Å². The van der Waals surface area contributed by atoms with Gasteiger partial charge in [-0.05, 0) is 37.7 Å². The number of amides is 2. The molecule has 3 aliphatic heterocycles. The number of hydrogen-bond donors (Lipinski definition) is 1. The molecule has 1 aliphatic carbocycles. The second-order valence-electron chi connectivity index (χ2n) is 9.08. The number of nitrogens with two attached hydrogens (primary N) is 1. The quantitative estimate of drug-likeness (QED) is 0.745. The van der Waals surface area contributed by atoms with E-state index in [0.29, 0.717) is 25.2 Å². The van der Waals surface area contributed by atoms with Crippen molar-refractivity contribution in [1.29, 1.82) is 5.26 Å². The standard InChI is InChI=1S/C23H26N6O2/c1-26-15-5-6-18-14(9-15)4-7-20(18)29-17-10-21(23(29)31)27(12-17)13-19(25)22(30)28-8-2-3-16(28)11-24/h5-6,9,16-17,19-21H,2-4,7-8,10,12-13,25H2/t16-,17?,19-,20+,21-/m0/s1. The van der Waals surface area contributed by atoms with E-state index in [1.807, 2.05) is 23.1 Å². The van der Waals surface area contributed by atoms with Gasteiger partial charge in [0.05, 0.1) is 30.8 Å². The lowest BCUT2D eigenvalue weighted by Gasteiger charge is -2.38. The number of rotatable bonds is 4. The highest BCUT2D eigenvalue weighted by Crippen LogP contribution is 2.44. The van der Waals surface area contributed by atoms with Gasteiger partial charge in [0, 0.05) is 25.7 Å². The zero-order valence-corrected chi connectivity index (χ0v) is 17.4. The number of nitriles is 1. The molecule has 4 aliphatic rings. The molecule has 0 saturated carbocycles. The topological polar surface area (TPSA) is 98.0 Å². The third-order valence-electron chi connectivity index (χ3n) is 7.39. The first-order chi connectivity index (χ1) is 15.0. The van der Waals surface area contributed by atoms with Crippen molar-refractivity contribution in [3.63, 3.8) is 0 Å². The van der Waals surface area contributed by atoms with Crippen molar-refractivity contribution in [1.82, 2.24) is 14.7 Å². The third kappa shape index (κ3) is 3.18. The number of hydrogen-bond acceptors (Lipinski definition) is 5. The lowest BCUT2D eigenvalue weighted by molar-refractivity contribution is -0.141. The SMILES string of the molecule is [C-]#[N+]c1ccc2c(c1)CC[C@H]2N1C(=O)[C@@H]2CC1CN2C[C@H](N)C(=O)N1CCC[C@H]1C#N. The lowest BCUT2D eigenvalue weighted by atomic mass is 10.0. The lowest BCUT2D eigenvalue weighted by Crippen LogP contribution is -2.56.